The quantitative estimate of drug-likeness (QED) is 0.747. The Morgan fingerprint density at radius 1 is 0.931 bits per heavy atom. The molecule has 2 aliphatic heterocycles. The molecule has 0 radical (unpaired) electrons. The van der Waals surface area contributed by atoms with Gasteiger partial charge in [0.2, 0.25) is 0 Å². The molecule has 2 heterocycles. The molecule has 0 N–H and O–H groups in total. The summed E-state index contributed by atoms with van der Waals surface area (Å²) in [6, 6.07) is 12.1. The summed E-state index contributed by atoms with van der Waals surface area (Å²) in [7, 11) is 1.54. The van der Waals surface area contributed by atoms with E-state index in [4.69, 9.17) is 4.74 Å². The van der Waals surface area contributed by atoms with E-state index in [1.54, 1.807) is 49.6 Å². The van der Waals surface area contributed by atoms with Gasteiger partial charge < -0.3 is 9.64 Å². The Labute approximate surface area is 170 Å². The molecule has 0 saturated carbocycles. The maximum absolute atomic E-state index is 13.1. The first-order chi connectivity index (χ1) is 14.1. The molecule has 6 nitrogen and oxygen atoms in total. The second-order valence-corrected chi connectivity index (χ2v) is 7.48. The van der Waals surface area contributed by atoms with E-state index in [1.165, 1.54) is 4.90 Å². The molecule has 2 aliphatic rings. The van der Waals surface area contributed by atoms with Crippen LogP contribution < -0.4 is 4.74 Å². The van der Waals surface area contributed by atoms with E-state index in [0.717, 1.165) is 44.3 Å². The molecule has 0 spiro atoms. The molecule has 3 amide bonds. The van der Waals surface area contributed by atoms with Gasteiger partial charge in [0.25, 0.3) is 17.7 Å². The molecule has 1 saturated heterocycles. The number of likely N-dealkylation sites (tertiary alicyclic amines) is 1. The predicted octanol–water partition coefficient (Wildman–Crippen LogP) is 3.51. The van der Waals surface area contributed by atoms with Crippen molar-refractivity contribution in [2.45, 2.75) is 32.2 Å². The van der Waals surface area contributed by atoms with Crippen molar-refractivity contribution in [1.82, 2.24) is 9.80 Å². The minimum Gasteiger partial charge on any atom is -0.496 e. The number of fused-ring (bicyclic) bond motifs is 1. The van der Waals surface area contributed by atoms with Gasteiger partial charge in [-0.25, -0.2) is 0 Å². The summed E-state index contributed by atoms with van der Waals surface area (Å²) in [6.45, 7) is 1.60. The normalized spacial score (nSPS) is 16.6. The van der Waals surface area contributed by atoms with Crippen molar-refractivity contribution in [1.29, 1.82) is 0 Å². The third-order valence-electron chi connectivity index (χ3n) is 5.61. The van der Waals surface area contributed by atoms with Gasteiger partial charge in [-0.2, -0.15) is 0 Å². The number of carbonyl (C=O) groups excluding carboxylic acids is 3. The zero-order valence-corrected chi connectivity index (χ0v) is 16.5. The Hall–Kier alpha value is -3.15. The Morgan fingerprint density at radius 2 is 1.55 bits per heavy atom. The molecule has 2 aromatic rings. The van der Waals surface area contributed by atoms with E-state index in [2.05, 4.69) is 0 Å². The summed E-state index contributed by atoms with van der Waals surface area (Å²) < 4.78 is 5.41. The van der Waals surface area contributed by atoms with Crippen molar-refractivity contribution < 1.29 is 19.1 Å². The zero-order chi connectivity index (χ0) is 20.4. The second kappa shape index (κ2) is 8.07. The third kappa shape index (κ3) is 3.62. The van der Waals surface area contributed by atoms with Gasteiger partial charge in [-0.05, 0) is 42.7 Å². The third-order valence-corrected chi connectivity index (χ3v) is 5.61. The molecule has 4 rings (SSSR count). The molecule has 0 aliphatic carbocycles. The van der Waals surface area contributed by atoms with Gasteiger partial charge >= 0.3 is 0 Å². The van der Waals surface area contributed by atoms with Crippen molar-refractivity contribution in [3.05, 3.63) is 64.7 Å². The number of benzene rings is 2. The fourth-order valence-electron chi connectivity index (χ4n) is 4.03. The maximum atomic E-state index is 13.1. The number of nitrogens with zero attached hydrogens (tertiary/aromatic N) is 2. The van der Waals surface area contributed by atoms with Gasteiger partial charge in [0.15, 0.2) is 0 Å². The molecule has 2 aromatic carbocycles. The van der Waals surface area contributed by atoms with Gasteiger partial charge in [-0.1, -0.05) is 31.0 Å². The number of ether oxygens (including phenoxy) is 1. The minimum absolute atomic E-state index is 0.0621. The first kappa shape index (κ1) is 19.2. The highest BCUT2D eigenvalue weighted by atomic mass is 16.5. The van der Waals surface area contributed by atoms with Crippen LogP contribution in [0.25, 0.3) is 0 Å². The highest BCUT2D eigenvalue weighted by molar-refractivity contribution is 6.21. The van der Waals surface area contributed by atoms with E-state index >= 15 is 0 Å². The fraction of sp³-hybridized carbons (Fsp3) is 0.348. The summed E-state index contributed by atoms with van der Waals surface area (Å²) in [5, 5.41) is 0. The second-order valence-electron chi connectivity index (χ2n) is 7.48. The number of imide groups is 1. The average Bonchev–Trinajstić information content (AvgIpc) is 2.94. The van der Waals surface area contributed by atoms with Crippen LogP contribution in [0.2, 0.25) is 0 Å². The first-order valence-electron chi connectivity index (χ1n) is 10.0. The summed E-state index contributed by atoms with van der Waals surface area (Å²) in [4.78, 5) is 41.5. The van der Waals surface area contributed by atoms with E-state index in [-0.39, 0.29) is 24.3 Å². The molecule has 0 bridgehead atoms. The summed E-state index contributed by atoms with van der Waals surface area (Å²) in [6.07, 6.45) is 4.28. The largest absolute Gasteiger partial charge is 0.496 e. The molecule has 0 unspecified atom stereocenters. The zero-order valence-electron chi connectivity index (χ0n) is 16.5. The van der Waals surface area contributed by atoms with Crippen LogP contribution in [0.3, 0.4) is 0 Å². The lowest BCUT2D eigenvalue weighted by Gasteiger charge is -2.22. The number of carbonyl (C=O) groups is 3. The predicted molar refractivity (Wildman–Crippen MR) is 108 cm³/mol. The number of hydrogen-bond acceptors (Lipinski definition) is 4. The molecular formula is C23H24N2O4. The Kier molecular flexibility index (Phi) is 5.34. The first-order valence-corrected chi connectivity index (χ1v) is 10.0. The van der Waals surface area contributed by atoms with E-state index in [0.29, 0.717) is 22.4 Å². The molecule has 29 heavy (non-hydrogen) atoms. The Morgan fingerprint density at radius 3 is 2.14 bits per heavy atom. The van der Waals surface area contributed by atoms with E-state index in [9.17, 15) is 14.4 Å². The van der Waals surface area contributed by atoms with Crippen molar-refractivity contribution in [3.63, 3.8) is 0 Å². The number of amides is 3. The van der Waals surface area contributed by atoms with Crippen LogP contribution in [0.4, 0.5) is 0 Å². The minimum atomic E-state index is -0.304. The lowest BCUT2D eigenvalue weighted by molar-refractivity contribution is 0.0642. The summed E-state index contributed by atoms with van der Waals surface area (Å²) >= 11 is 0. The molecular weight excluding hydrogens is 368 g/mol. The summed E-state index contributed by atoms with van der Waals surface area (Å²) in [5.41, 5.74) is 2.04. The van der Waals surface area contributed by atoms with Crippen molar-refractivity contribution >= 4 is 17.7 Å². The number of methoxy groups -OCH3 is 1. The maximum Gasteiger partial charge on any atom is 0.261 e. The van der Waals surface area contributed by atoms with Crippen molar-refractivity contribution in [3.8, 4) is 5.75 Å². The standard InChI is InChI=1S/C23H24N2O4/c1-29-20-11-10-16(14-19(20)21(26)24-12-6-2-3-7-13-24)15-25-22(27)17-8-4-5-9-18(17)23(25)28/h4-5,8-11,14H,2-3,6-7,12-13,15H2,1H3. The lowest BCUT2D eigenvalue weighted by Crippen LogP contribution is -2.32. The monoisotopic (exact) mass is 392 g/mol. The Bertz CT molecular complexity index is 926. The van der Waals surface area contributed by atoms with Crippen molar-refractivity contribution in [2.24, 2.45) is 0 Å². The van der Waals surface area contributed by atoms with E-state index in [1.807, 2.05) is 4.90 Å². The van der Waals surface area contributed by atoms with Gasteiger partial charge in [0.05, 0.1) is 30.3 Å². The van der Waals surface area contributed by atoms with Crippen LogP contribution in [0.5, 0.6) is 5.75 Å². The van der Waals surface area contributed by atoms with E-state index < -0.39 is 0 Å². The highest BCUT2D eigenvalue weighted by Crippen LogP contribution is 2.27. The van der Waals surface area contributed by atoms with Crippen LogP contribution in [0.15, 0.2) is 42.5 Å². The van der Waals surface area contributed by atoms with Crippen LogP contribution in [-0.4, -0.2) is 47.7 Å². The number of hydrogen-bond donors (Lipinski definition) is 0. The number of rotatable bonds is 4. The van der Waals surface area contributed by atoms with Gasteiger partial charge in [-0.15, -0.1) is 0 Å². The van der Waals surface area contributed by atoms with Crippen LogP contribution in [0.1, 0.15) is 62.3 Å². The SMILES string of the molecule is COc1ccc(CN2C(=O)c3ccccc3C2=O)cc1C(=O)N1CCCCCC1. The smallest absolute Gasteiger partial charge is 0.261 e. The molecule has 1 fully saturated rings. The topological polar surface area (TPSA) is 66.9 Å². The van der Waals surface area contributed by atoms with Crippen LogP contribution >= 0.6 is 0 Å². The van der Waals surface area contributed by atoms with Gasteiger partial charge in [0, 0.05) is 13.1 Å². The van der Waals surface area contributed by atoms with Gasteiger partial charge in [0.1, 0.15) is 5.75 Å². The van der Waals surface area contributed by atoms with Crippen LogP contribution in [0, 0.1) is 0 Å². The molecule has 0 atom stereocenters. The summed E-state index contributed by atoms with van der Waals surface area (Å²) in [5.74, 6) is -0.165. The van der Waals surface area contributed by atoms with Crippen LogP contribution in [-0.2, 0) is 6.54 Å². The highest BCUT2D eigenvalue weighted by Gasteiger charge is 2.35. The molecule has 0 aromatic heterocycles. The fourth-order valence-corrected chi connectivity index (χ4v) is 4.03. The lowest BCUT2D eigenvalue weighted by atomic mass is 10.1. The van der Waals surface area contributed by atoms with Gasteiger partial charge in [-0.3, -0.25) is 19.3 Å². The molecule has 6 heteroatoms. The Balaban J connectivity index is 1.59. The average molecular weight is 392 g/mol. The van der Waals surface area contributed by atoms with Crippen molar-refractivity contribution in [2.75, 3.05) is 20.2 Å². The molecule has 150 valence electrons.